The Labute approximate surface area is 199 Å². The summed E-state index contributed by atoms with van der Waals surface area (Å²) in [7, 11) is 3.09. The number of halogens is 1. The average Bonchev–Trinajstić information content (AvgIpc) is 3.03. The number of rotatable bonds is 7. The number of benzene rings is 2. The van der Waals surface area contributed by atoms with Gasteiger partial charge in [-0.15, -0.1) is 0 Å². The lowest BCUT2D eigenvalue weighted by Gasteiger charge is -2.26. The van der Waals surface area contributed by atoms with Gasteiger partial charge in [0.25, 0.3) is 11.7 Å². The molecule has 0 radical (unpaired) electrons. The van der Waals surface area contributed by atoms with Gasteiger partial charge < -0.3 is 19.5 Å². The van der Waals surface area contributed by atoms with Crippen LogP contribution in [0.2, 0.25) is 5.02 Å². The van der Waals surface area contributed by atoms with E-state index >= 15 is 0 Å². The van der Waals surface area contributed by atoms with Crippen LogP contribution in [-0.2, 0) is 19.7 Å². The van der Waals surface area contributed by atoms with E-state index in [0.717, 1.165) is 5.56 Å². The molecule has 0 saturated carbocycles. The number of ether oxygens (including phenoxy) is 2. The van der Waals surface area contributed by atoms with Gasteiger partial charge in [0.2, 0.25) is 0 Å². The highest BCUT2D eigenvalue weighted by Crippen LogP contribution is 2.42. The van der Waals surface area contributed by atoms with E-state index in [1.54, 1.807) is 37.4 Å². The third-order valence-electron chi connectivity index (χ3n) is 5.79. The molecule has 1 saturated heterocycles. The largest absolute Gasteiger partial charge is 0.507 e. The van der Waals surface area contributed by atoms with E-state index in [-0.39, 0.29) is 16.7 Å². The lowest BCUT2D eigenvalue weighted by atomic mass is 9.85. The quantitative estimate of drug-likeness (QED) is 0.263. The van der Waals surface area contributed by atoms with E-state index in [1.807, 2.05) is 12.1 Å². The Hall–Kier alpha value is -2.83. The van der Waals surface area contributed by atoms with Gasteiger partial charge in [0.15, 0.2) is 0 Å². The molecule has 1 fully saturated rings. The third-order valence-corrected chi connectivity index (χ3v) is 6.05. The summed E-state index contributed by atoms with van der Waals surface area (Å²) in [4.78, 5) is 27.7. The molecule has 3 rings (SSSR count). The van der Waals surface area contributed by atoms with Crippen LogP contribution in [0.15, 0.2) is 48.0 Å². The number of aliphatic hydroxyl groups is 1. The fraction of sp³-hybridized carbons (Fsp3) is 0.385. The van der Waals surface area contributed by atoms with Crippen molar-refractivity contribution in [3.05, 3.63) is 69.8 Å². The van der Waals surface area contributed by atoms with E-state index in [1.165, 1.54) is 12.0 Å². The first-order valence-corrected chi connectivity index (χ1v) is 11.2. The molecule has 1 aliphatic rings. The zero-order valence-electron chi connectivity index (χ0n) is 19.6. The molecule has 2 aromatic carbocycles. The summed E-state index contributed by atoms with van der Waals surface area (Å²) in [6.45, 7) is 6.92. The van der Waals surface area contributed by atoms with Crippen LogP contribution in [0.3, 0.4) is 0 Å². The number of amides is 1. The van der Waals surface area contributed by atoms with Gasteiger partial charge in [0, 0.05) is 25.3 Å². The number of hydrogen-bond donors (Lipinski definition) is 1. The number of carbonyl (C=O) groups excluding carboxylic acids is 2. The molecule has 0 bridgehead atoms. The van der Waals surface area contributed by atoms with Gasteiger partial charge >= 0.3 is 0 Å². The first-order valence-electron chi connectivity index (χ1n) is 10.8. The SMILES string of the molecule is COCCCN1C(=O)C(=O)/C(=C(/O)c2cc(C(C)(C)C)ccc2OC)C1c1ccc(Cl)cc1. The predicted molar refractivity (Wildman–Crippen MR) is 129 cm³/mol. The average molecular weight is 472 g/mol. The zero-order valence-corrected chi connectivity index (χ0v) is 20.4. The van der Waals surface area contributed by atoms with Crippen LogP contribution in [0.25, 0.3) is 5.76 Å². The van der Waals surface area contributed by atoms with Crippen LogP contribution in [0.5, 0.6) is 5.75 Å². The minimum atomic E-state index is -0.748. The molecule has 1 unspecified atom stereocenters. The molecule has 2 aromatic rings. The molecule has 1 amide bonds. The van der Waals surface area contributed by atoms with Gasteiger partial charge in [-0.3, -0.25) is 9.59 Å². The lowest BCUT2D eigenvalue weighted by molar-refractivity contribution is -0.140. The second kappa shape index (κ2) is 9.98. The van der Waals surface area contributed by atoms with Gasteiger partial charge in [-0.05, 0) is 47.2 Å². The highest BCUT2D eigenvalue weighted by molar-refractivity contribution is 6.46. The molecule has 33 heavy (non-hydrogen) atoms. The van der Waals surface area contributed by atoms with Gasteiger partial charge in [-0.25, -0.2) is 0 Å². The summed E-state index contributed by atoms with van der Waals surface area (Å²) in [5.74, 6) is -1.22. The number of aliphatic hydroxyl groups excluding tert-OH is 1. The Balaban J connectivity index is 2.21. The number of ketones is 1. The maximum absolute atomic E-state index is 13.2. The van der Waals surface area contributed by atoms with Crippen molar-refractivity contribution in [2.75, 3.05) is 27.4 Å². The lowest BCUT2D eigenvalue weighted by Crippen LogP contribution is -2.31. The van der Waals surface area contributed by atoms with Crippen LogP contribution in [0.4, 0.5) is 0 Å². The molecule has 1 N–H and O–H groups in total. The number of hydrogen-bond acceptors (Lipinski definition) is 5. The van der Waals surface area contributed by atoms with Crippen LogP contribution in [-0.4, -0.2) is 49.1 Å². The van der Waals surface area contributed by atoms with Gasteiger partial charge in [-0.2, -0.15) is 0 Å². The van der Waals surface area contributed by atoms with Crippen LogP contribution in [0.1, 0.15) is 49.9 Å². The van der Waals surface area contributed by atoms with Crippen molar-refractivity contribution < 1.29 is 24.2 Å². The molecular weight excluding hydrogens is 442 g/mol. The fourth-order valence-corrected chi connectivity index (χ4v) is 4.11. The Morgan fingerprint density at radius 3 is 2.33 bits per heavy atom. The summed E-state index contributed by atoms with van der Waals surface area (Å²) in [5.41, 5.74) is 1.86. The normalized spacial score (nSPS) is 18.1. The Kier molecular flexibility index (Phi) is 7.50. The monoisotopic (exact) mass is 471 g/mol. The molecule has 0 aromatic heterocycles. The highest BCUT2D eigenvalue weighted by atomic mass is 35.5. The Morgan fingerprint density at radius 1 is 1.09 bits per heavy atom. The van der Waals surface area contributed by atoms with Crippen molar-refractivity contribution in [3.63, 3.8) is 0 Å². The van der Waals surface area contributed by atoms with Crippen LogP contribution in [0, 0.1) is 0 Å². The predicted octanol–water partition coefficient (Wildman–Crippen LogP) is 5.10. The van der Waals surface area contributed by atoms with Gasteiger partial charge in [-0.1, -0.05) is 50.6 Å². The highest BCUT2D eigenvalue weighted by Gasteiger charge is 2.46. The number of likely N-dealkylation sites (tertiary alicyclic amines) is 1. The van der Waals surface area contributed by atoms with Crippen molar-refractivity contribution in [3.8, 4) is 5.75 Å². The van der Waals surface area contributed by atoms with E-state index in [2.05, 4.69) is 20.8 Å². The molecule has 1 atom stereocenters. The smallest absolute Gasteiger partial charge is 0.295 e. The minimum Gasteiger partial charge on any atom is -0.507 e. The topological polar surface area (TPSA) is 76.1 Å². The second-order valence-electron chi connectivity index (χ2n) is 9.06. The molecule has 1 aliphatic heterocycles. The number of Topliss-reactive ketones (excluding diaryl/α,β-unsaturated/α-hetero) is 1. The minimum absolute atomic E-state index is 0.0316. The van der Waals surface area contributed by atoms with Crippen molar-refractivity contribution in [1.29, 1.82) is 0 Å². The number of nitrogens with zero attached hydrogens (tertiary/aromatic N) is 1. The van der Waals surface area contributed by atoms with Crippen molar-refractivity contribution in [1.82, 2.24) is 4.90 Å². The summed E-state index contributed by atoms with van der Waals surface area (Å²) in [6.07, 6.45) is 0.552. The Morgan fingerprint density at radius 2 is 1.76 bits per heavy atom. The summed E-state index contributed by atoms with van der Waals surface area (Å²) in [5, 5.41) is 12.0. The van der Waals surface area contributed by atoms with Crippen molar-refractivity contribution in [2.24, 2.45) is 0 Å². The first kappa shape index (κ1) is 24.8. The maximum atomic E-state index is 13.2. The number of carbonyl (C=O) groups is 2. The van der Waals surface area contributed by atoms with Gasteiger partial charge in [0.1, 0.15) is 11.5 Å². The molecule has 7 heteroatoms. The standard InChI is InChI=1S/C26H30ClNO5/c1-26(2,3)17-9-12-20(33-5)19(15-17)23(29)21-22(16-7-10-18(27)11-8-16)28(13-6-14-32-4)25(31)24(21)30/h7-12,15,22,29H,6,13-14H2,1-5H3/b23-21+. The summed E-state index contributed by atoms with van der Waals surface area (Å²) < 4.78 is 10.6. The molecule has 6 nitrogen and oxygen atoms in total. The molecular formula is C26H30ClNO5. The van der Waals surface area contributed by atoms with Crippen molar-refractivity contribution in [2.45, 2.75) is 38.6 Å². The van der Waals surface area contributed by atoms with Crippen LogP contribution >= 0.6 is 11.6 Å². The number of methoxy groups -OCH3 is 2. The summed E-state index contributed by atoms with van der Waals surface area (Å²) in [6, 6.07) is 11.7. The van der Waals surface area contributed by atoms with E-state index in [9.17, 15) is 14.7 Å². The Bertz CT molecular complexity index is 1070. The van der Waals surface area contributed by atoms with E-state index in [4.69, 9.17) is 21.1 Å². The molecule has 1 heterocycles. The van der Waals surface area contributed by atoms with Crippen LogP contribution < -0.4 is 4.74 Å². The van der Waals surface area contributed by atoms with Crippen molar-refractivity contribution >= 4 is 29.1 Å². The summed E-state index contributed by atoms with van der Waals surface area (Å²) >= 11 is 6.07. The maximum Gasteiger partial charge on any atom is 0.295 e. The zero-order chi connectivity index (χ0) is 24.3. The fourth-order valence-electron chi connectivity index (χ4n) is 3.99. The second-order valence-corrected chi connectivity index (χ2v) is 9.49. The van der Waals surface area contributed by atoms with E-state index in [0.29, 0.717) is 41.5 Å². The molecule has 176 valence electrons. The molecule has 0 spiro atoms. The molecule has 0 aliphatic carbocycles. The van der Waals surface area contributed by atoms with E-state index < -0.39 is 17.7 Å². The first-order chi connectivity index (χ1) is 15.6. The third kappa shape index (κ3) is 5.07. The van der Waals surface area contributed by atoms with Gasteiger partial charge in [0.05, 0.1) is 24.3 Å².